The number of nitrogens with two attached hydrogens (primary N) is 3. The summed E-state index contributed by atoms with van der Waals surface area (Å²) in [7, 11) is -2.00. The molecule has 45 heavy (non-hydrogen) atoms. The van der Waals surface area contributed by atoms with E-state index >= 15 is 0 Å². The minimum atomic E-state index is -3.98. The highest BCUT2D eigenvalue weighted by molar-refractivity contribution is 7.93. The van der Waals surface area contributed by atoms with Crippen LogP contribution in [0, 0.1) is 5.41 Å². The molecule has 0 radical (unpaired) electrons. The highest BCUT2D eigenvalue weighted by atomic mass is 35.5. The van der Waals surface area contributed by atoms with Gasteiger partial charge in [-0.15, -0.1) is 24.8 Å². The van der Waals surface area contributed by atoms with Crippen LogP contribution in [0.2, 0.25) is 0 Å². The Balaban J connectivity index is 0.00000276. The maximum absolute atomic E-state index is 14.6. The Morgan fingerprint density at radius 3 is 2.29 bits per heavy atom. The van der Waals surface area contributed by atoms with Crippen LogP contribution in [0.4, 0.5) is 11.4 Å². The van der Waals surface area contributed by atoms with Gasteiger partial charge in [-0.05, 0) is 79.8 Å². The molecule has 0 aliphatic carbocycles. The van der Waals surface area contributed by atoms with E-state index in [0.29, 0.717) is 53.0 Å². The van der Waals surface area contributed by atoms with Gasteiger partial charge in [0.05, 0.1) is 21.6 Å². The van der Waals surface area contributed by atoms with Crippen molar-refractivity contribution < 1.29 is 8.42 Å². The van der Waals surface area contributed by atoms with Crippen molar-refractivity contribution in [2.75, 3.05) is 23.1 Å². The lowest BCUT2D eigenvalue weighted by molar-refractivity contribution is 0.591. The van der Waals surface area contributed by atoms with Gasteiger partial charge in [0.2, 0.25) is 0 Å². The minimum Gasteiger partial charge on any atom is -0.398 e. The van der Waals surface area contributed by atoms with Gasteiger partial charge in [0, 0.05) is 42.0 Å². The maximum Gasteiger partial charge on any atom is 0.265 e. The molecule has 9 nitrogen and oxygen atoms in total. The van der Waals surface area contributed by atoms with Crippen molar-refractivity contribution in [1.29, 1.82) is 5.41 Å². The van der Waals surface area contributed by atoms with Crippen molar-refractivity contribution in [1.82, 2.24) is 9.55 Å². The molecule has 1 aromatic heterocycles. The summed E-state index contributed by atoms with van der Waals surface area (Å²) in [5.74, 6) is 0.949. The Bertz CT molecular complexity index is 1940. The maximum atomic E-state index is 14.6. The van der Waals surface area contributed by atoms with Crippen LogP contribution in [0.5, 0.6) is 0 Å². The number of benzene rings is 4. The Kier molecular flexibility index (Phi) is 11.5. The van der Waals surface area contributed by atoms with E-state index in [-0.39, 0.29) is 37.2 Å². The van der Waals surface area contributed by atoms with Crippen LogP contribution in [0.1, 0.15) is 41.9 Å². The zero-order valence-corrected chi connectivity index (χ0v) is 28.2. The van der Waals surface area contributed by atoms with Crippen molar-refractivity contribution in [2.45, 2.75) is 44.4 Å². The van der Waals surface area contributed by atoms with Crippen LogP contribution in [0.3, 0.4) is 0 Å². The summed E-state index contributed by atoms with van der Waals surface area (Å²) in [6.07, 6.45) is 2.58. The molecule has 12 heteroatoms. The lowest BCUT2D eigenvalue weighted by atomic mass is 9.96. The fraction of sp³-hybridized carbons (Fsp3) is 0.273. The van der Waals surface area contributed by atoms with Crippen molar-refractivity contribution in [2.24, 2.45) is 18.5 Å². The molecule has 0 amide bonds. The van der Waals surface area contributed by atoms with Gasteiger partial charge in [0.15, 0.2) is 0 Å². The molecule has 4 aromatic carbocycles. The van der Waals surface area contributed by atoms with E-state index in [1.165, 1.54) is 4.31 Å². The summed E-state index contributed by atoms with van der Waals surface area (Å²) < 4.78 is 32.6. The number of imidazole rings is 1. The number of nitrogens with zero attached hydrogens (tertiary/aromatic N) is 3. The summed E-state index contributed by atoms with van der Waals surface area (Å²) in [5, 5.41) is 8.93. The number of hydrogen-bond donors (Lipinski definition) is 4. The van der Waals surface area contributed by atoms with Crippen molar-refractivity contribution in [3.8, 4) is 0 Å². The average Bonchev–Trinajstić information content (AvgIpc) is 3.30. The molecule has 7 N–H and O–H groups in total. The third-order valence-electron chi connectivity index (χ3n) is 8.11. The minimum absolute atomic E-state index is 0. The predicted octanol–water partition coefficient (Wildman–Crippen LogP) is 5.50. The number of anilines is 2. The van der Waals surface area contributed by atoms with Gasteiger partial charge in [-0.25, -0.2) is 13.4 Å². The number of rotatable bonds is 11. The van der Waals surface area contributed by atoms with Crippen molar-refractivity contribution >= 4 is 73.9 Å². The van der Waals surface area contributed by atoms with E-state index in [4.69, 9.17) is 27.6 Å². The number of nitrogen functional groups attached to an aromatic ring is 2. The first-order valence-electron chi connectivity index (χ1n) is 14.5. The predicted molar refractivity (Wildman–Crippen MR) is 191 cm³/mol. The molecule has 0 saturated carbocycles. The van der Waals surface area contributed by atoms with E-state index in [0.717, 1.165) is 45.4 Å². The number of aromatic nitrogens is 2. The first-order valence-corrected chi connectivity index (χ1v) is 16.0. The lowest BCUT2D eigenvalue weighted by Crippen LogP contribution is -2.32. The number of halogens is 2. The molecular formula is C33H41Cl2N7O2S. The zero-order chi connectivity index (χ0) is 30.9. The van der Waals surface area contributed by atoms with E-state index in [1.807, 2.05) is 75.5 Å². The average molecular weight is 671 g/mol. The molecule has 0 spiro atoms. The SMILES string of the molecule is CCc1c(CCN)cc2c(N)cccc2c1S(=O)(=O)N(CC)c1ccc2c(c1)nc(CCc1ccc(C(=N)N)cc1)n2C.Cl.Cl. The topological polar surface area (TPSA) is 157 Å². The van der Waals surface area contributed by atoms with Gasteiger partial charge in [0.25, 0.3) is 10.0 Å². The largest absolute Gasteiger partial charge is 0.398 e. The zero-order valence-electron chi connectivity index (χ0n) is 25.7. The van der Waals surface area contributed by atoms with Gasteiger partial charge in [0.1, 0.15) is 11.7 Å². The second-order valence-electron chi connectivity index (χ2n) is 10.7. The Morgan fingerprint density at radius 2 is 1.67 bits per heavy atom. The summed E-state index contributed by atoms with van der Waals surface area (Å²) in [4.78, 5) is 5.19. The van der Waals surface area contributed by atoms with Crippen LogP contribution >= 0.6 is 24.8 Å². The van der Waals surface area contributed by atoms with Gasteiger partial charge in [-0.1, -0.05) is 43.3 Å². The fourth-order valence-electron chi connectivity index (χ4n) is 5.90. The molecule has 5 rings (SSSR count). The van der Waals surface area contributed by atoms with Gasteiger partial charge < -0.3 is 21.8 Å². The Hall–Kier alpha value is -3.83. The molecule has 0 fully saturated rings. The molecule has 0 aliphatic heterocycles. The summed E-state index contributed by atoms with van der Waals surface area (Å²) in [6, 6.07) is 20.7. The Labute approximate surface area is 277 Å². The number of nitrogens with one attached hydrogen (secondary N) is 1. The lowest BCUT2D eigenvalue weighted by Gasteiger charge is -2.26. The highest BCUT2D eigenvalue weighted by Gasteiger charge is 2.30. The van der Waals surface area contributed by atoms with E-state index in [1.54, 1.807) is 12.1 Å². The molecular weight excluding hydrogens is 629 g/mol. The van der Waals surface area contributed by atoms with Crippen LogP contribution in [-0.2, 0) is 42.8 Å². The van der Waals surface area contributed by atoms with E-state index < -0.39 is 10.0 Å². The molecule has 0 unspecified atom stereocenters. The van der Waals surface area contributed by atoms with E-state index in [9.17, 15) is 8.42 Å². The molecule has 240 valence electrons. The molecule has 5 aromatic rings. The molecule has 0 bridgehead atoms. The third-order valence-corrected chi connectivity index (χ3v) is 10.1. The van der Waals surface area contributed by atoms with Crippen molar-refractivity contribution in [3.63, 3.8) is 0 Å². The second kappa shape index (κ2) is 14.5. The smallest absolute Gasteiger partial charge is 0.265 e. The molecule has 0 aliphatic rings. The molecule has 0 atom stereocenters. The monoisotopic (exact) mass is 669 g/mol. The van der Waals surface area contributed by atoms with Crippen molar-refractivity contribution in [3.05, 3.63) is 94.8 Å². The summed E-state index contributed by atoms with van der Waals surface area (Å²) >= 11 is 0. The Morgan fingerprint density at radius 1 is 0.956 bits per heavy atom. The number of aryl methyl sites for hydroxylation is 3. The van der Waals surface area contributed by atoms with Gasteiger partial charge in [-0.2, -0.15) is 0 Å². The molecule has 1 heterocycles. The summed E-state index contributed by atoms with van der Waals surface area (Å²) in [5.41, 5.74) is 24.1. The second-order valence-corrected chi connectivity index (χ2v) is 12.5. The summed E-state index contributed by atoms with van der Waals surface area (Å²) in [6.45, 7) is 4.47. The number of amidine groups is 1. The molecule has 0 saturated heterocycles. The van der Waals surface area contributed by atoms with Crippen LogP contribution in [0.15, 0.2) is 71.6 Å². The number of hydrogen-bond acceptors (Lipinski definition) is 6. The van der Waals surface area contributed by atoms with Gasteiger partial charge in [-0.3, -0.25) is 9.71 Å². The highest BCUT2D eigenvalue weighted by Crippen LogP contribution is 2.37. The van der Waals surface area contributed by atoms with E-state index in [2.05, 4.69) is 4.57 Å². The third kappa shape index (κ3) is 6.74. The standard InChI is InChI=1S/C33H39N7O2S.2ClH/c1-4-25-23(17-18-34)19-27-26(7-6-8-28(27)35)32(25)43(41,42)40(5-2)24-14-15-30-29(20-24)38-31(39(30)3)16-11-21-9-12-22(13-10-21)33(36)37;;/h6-10,12-15,19-20H,4-5,11,16-18,34-35H2,1-3H3,(H3,36,37);2*1H. The number of sulfonamides is 1. The van der Waals surface area contributed by atoms with Gasteiger partial charge >= 0.3 is 0 Å². The van der Waals surface area contributed by atoms with Crippen LogP contribution in [-0.4, -0.2) is 36.9 Å². The van der Waals surface area contributed by atoms with Crippen LogP contribution < -0.4 is 21.5 Å². The first kappa shape index (κ1) is 35.6. The first-order chi connectivity index (χ1) is 20.6. The quantitative estimate of drug-likeness (QED) is 0.0826. The number of fused-ring (bicyclic) bond motifs is 2. The van der Waals surface area contributed by atoms with Crippen LogP contribution in [0.25, 0.3) is 21.8 Å². The fourth-order valence-corrected chi connectivity index (χ4v) is 7.89. The normalized spacial score (nSPS) is 11.3.